The fourth-order valence-corrected chi connectivity index (χ4v) is 2.81. The van der Waals surface area contributed by atoms with E-state index >= 15 is 0 Å². The topological polar surface area (TPSA) is 141 Å². The minimum Gasteiger partial charge on any atom is -0.444 e. The fraction of sp³-hybridized carbons (Fsp3) is 0.562. The highest BCUT2D eigenvalue weighted by molar-refractivity contribution is 5.89. The monoisotopic (exact) mass is 365 g/mol. The molecule has 1 aromatic heterocycles. The number of carbonyl (C=O) groups excluding carboxylic acids is 2. The van der Waals surface area contributed by atoms with Crippen LogP contribution in [0.3, 0.4) is 0 Å². The molecule has 1 aliphatic rings. The molecule has 0 atom stereocenters. The number of alkyl carbamates (subject to hydrolysis) is 1. The molecule has 2 amide bonds. The average Bonchev–Trinajstić information content (AvgIpc) is 2.53. The third kappa shape index (κ3) is 4.38. The van der Waals surface area contributed by atoms with E-state index in [0.29, 0.717) is 0 Å². The maximum atomic E-state index is 12.1. The zero-order valence-electron chi connectivity index (χ0n) is 15.0. The van der Waals surface area contributed by atoms with E-state index in [0.717, 1.165) is 0 Å². The number of primary amides is 1. The predicted octanol–water partition coefficient (Wildman–Crippen LogP) is 1.34. The van der Waals surface area contributed by atoms with Crippen LogP contribution in [0.4, 0.5) is 16.3 Å². The lowest BCUT2D eigenvalue weighted by atomic mass is 9.86. The van der Waals surface area contributed by atoms with Crippen LogP contribution in [0, 0.1) is 10.1 Å². The number of anilines is 1. The van der Waals surface area contributed by atoms with Crippen LogP contribution in [-0.2, 0) is 9.53 Å². The van der Waals surface area contributed by atoms with Gasteiger partial charge in [-0.2, -0.15) is 0 Å². The molecule has 0 unspecified atom stereocenters. The number of piperidine rings is 1. The summed E-state index contributed by atoms with van der Waals surface area (Å²) >= 11 is 0. The molecule has 142 valence electrons. The van der Waals surface area contributed by atoms with Crippen molar-refractivity contribution in [1.29, 1.82) is 0 Å². The van der Waals surface area contributed by atoms with Crippen molar-refractivity contribution in [2.45, 2.75) is 44.8 Å². The molecule has 1 aliphatic heterocycles. The predicted molar refractivity (Wildman–Crippen MR) is 93.6 cm³/mol. The van der Waals surface area contributed by atoms with Gasteiger partial charge < -0.3 is 20.7 Å². The lowest BCUT2D eigenvalue weighted by Crippen LogP contribution is -2.63. The Balaban J connectivity index is 2.14. The Hall–Kier alpha value is -2.91. The number of nitrogens with two attached hydrogens (primary N) is 1. The number of hydrogen-bond acceptors (Lipinski definition) is 7. The summed E-state index contributed by atoms with van der Waals surface area (Å²) < 4.78 is 5.20. The van der Waals surface area contributed by atoms with Gasteiger partial charge in [0.05, 0.1) is 4.92 Å². The van der Waals surface area contributed by atoms with Crippen molar-refractivity contribution in [3.05, 3.63) is 28.4 Å². The molecular weight excluding hydrogens is 342 g/mol. The van der Waals surface area contributed by atoms with Crippen LogP contribution in [0.25, 0.3) is 0 Å². The quantitative estimate of drug-likeness (QED) is 0.606. The normalized spacial score (nSPS) is 16.7. The molecule has 0 spiro atoms. The summed E-state index contributed by atoms with van der Waals surface area (Å²) in [4.78, 5) is 40.5. The molecule has 26 heavy (non-hydrogen) atoms. The average molecular weight is 365 g/mol. The number of nitrogens with one attached hydrogen (secondary N) is 1. The molecular formula is C16H23N5O5. The molecule has 2 rings (SSSR count). The maximum absolute atomic E-state index is 12.1. The van der Waals surface area contributed by atoms with Crippen LogP contribution in [0.2, 0.25) is 0 Å². The van der Waals surface area contributed by atoms with E-state index in [1.807, 2.05) is 0 Å². The highest BCUT2D eigenvalue weighted by Crippen LogP contribution is 2.31. The second kappa shape index (κ2) is 7.14. The molecule has 10 heteroatoms. The van der Waals surface area contributed by atoms with Gasteiger partial charge in [-0.05, 0) is 39.7 Å². The van der Waals surface area contributed by atoms with Gasteiger partial charge in [0.15, 0.2) is 0 Å². The number of nitro groups is 1. The van der Waals surface area contributed by atoms with Gasteiger partial charge in [-0.3, -0.25) is 14.9 Å². The SMILES string of the molecule is CC(C)(C)OC(=O)NC1(C(N)=O)CCN(c2ncccc2[N+](=O)[O-])CC1. The van der Waals surface area contributed by atoms with Crippen LogP contribution in [0.15, 0.2) is 18.3 Å². The van der Waals surface area contributed by atoms with E-state index in [1.165, 1.54) is 18.3 Å². The fourth-order valence-electron chi connectivity index (χ4n) is 2.81. The molecule has 10 nitrogen and oxygen atoms in total. The number of aromatic nitrogens is 1. The van der Waals surface area contributed by atoms with Crippen LogP contribution < -0.4 is 16.0 Å². The Morgan fingerprint density at radius 2 is 2.00 bits per heavy atom. The molecule has 0 bridgehead atoms. The molecule has 0 saturated carbocycles. The molecule has 3 N–H and O–H groups in total. The Morgan fingerprint density at radius 3 is 2.50 bits per heavy atom. The molecule has 1 saturated heterocycles. The molecule has 1 fully saturated rings. The minimum atomic E-state index is -1.26. The van der Waals surface area contributed by atoms with Gasteiger partial charge in [0.25, 0.3) is 0 Å². The Labute approximate surface area is 150 Å². The van der Waals surface area contributed by atoms with Crippen LogP contribution in [0.5, 0.6) is 0 Å². The van der Waals surface area contributed by atoms with E-state index in [1.54, 1.807) is 25.7 Å². The van der Waals surface area contributed by atoms with Crippen molar-refractivity contribution >= 4 is 23.5 Å². The van der Waals surface area contributed by atoms with Gasteiger partial charge >= 0.3 is 11.8 Å². The number of rotatable bonds is 4. The number of hydrogen-bond donors (Lipinski definition) is 2. The molecule has 0 radical (unpaired) electrons. The standard InChI is InChI=1S/C16H23N5O5/c1-15(2,3)26-14(23)19-16(13(17)22)6-9-20(10-7-16)12-11(21(24)25)5-4-8-18-12/h4-5,8H,6-7,9-10H2,1-3H3,(H2,17,22)(H,19,23). The molecule has 2 heterocycles. The van der Waals surface area contributed by atoms with E-state index in [9.17, 15) is 19.7 Å². The zero-order valence-corrected chi connectivity index (χ0v) is 15.0. The largest absolute Gasteiger partial charge is 0.444 e. The molecule has 0 aliphatic carbocycles. The molecule has 1 aromatic rings. The number of nitrogens with zero attached hydrogens (tertiary/aromatic N) is 3. The van der Waals surface area contributed by atoms with Crippen molar-refractivity contribution in [3.8, 4) is 0 Å². The second-order valence-electron chi connectivity index (χ2n) is 7.16. The van der Waals surface area contributed by atoms with Gasteiger partial charge in [0.1, 0.15) is 11.1 Å². The Morgan fingerprint density at radius 1 is 1.38 bits per heavy atom. The summed E-state index contributed by atoms with van der Waals surface area (Å²) in [6.07, 6.45) is 1.12. The lowest BCUT2D eigenvalue weighted by molar-refractivity contribution is -0.384. The number of amides is 2. The van der Waals surface area contributed by atoms with Crippen molar-refractivity contribution in [2.24, 2.45) is 5.73 Å². The van der Waals surface area contributed by atoms with Crippen LogP contribution >= 0.6 is 0 Å². The third-order valence-corrected chi connectivity index (χ3v) is 4.09. The summed E-state index contributed by atoms with van der Waals surface area (Å²) in [5.41, 5.74) is 3.44. The van der Waals surface area contributed by atoms with Gasteiger partial charge in [-0.15, -0.1) is 0 Å². The van der Waals surface area contributed by atoms with Crippen molar-refractivity contribution in [1.82, 2.24) is 10.3 Å². The first-order valence-corrected chi connectivity index (χ1v) is 8.19. The van der Waals surface area contributed by atoms with Crippen molar-refractivity contribution in [2.75, 3.05) is 18.0 Å². The first-order chi connectivity index (χ1) is 12.0. The number of pyridine rings is 1. The summed E-state index contributed by atoms with van der Waals surface area (Å²) in [5, 5.41) is 13.8. The van der Waals surface area contributed by atoms with E-state index in [-0.39, 0.29) is 37.4 Å². The van der Waals surface area contributed by atoms with Gasteiger partial charge in [-0.1, -0.05) is 0 Å². The van der Waals surface area contributed by atoms with E-state index in [2.05, 4.69) is 10.3 Å². The van der Waals surface area contributed by atoms with Crippen LogP contribution in [0.1, 0.15) is 33.6 Å². The summed E-state index contributed by atoms with van der Waals surface area (Å²) in [7, 11) is 0. The van der Waals surface area contributed by atoms with E-state index in [4.69, 9.17) is 10.5 Å². The van der Waals surface area contributed by atoms with Crippen molar-refractivity contribution < 1.29 is 19.2 Å². The highest BCUT2D eigenvalue weighted by atomic mass is 16.6. The third-order valence-electron chi connectivity index (χ3n) is 4.09. The first-order valence-electron chi connectivity index (χ1n) is 8.19. The highest BCUT2D eigenvalue weighted by Gasteiger charge is 2.43. The Kier molecular flexibility index (Phi) is 5.33. The lowest BCUT2D eigenvalue weighted by Gasteiger charge is -2.40. The Bertz CT molecular complexity index is 707. The minimum absolute atomic E-state index is 0.112. The number of ether oxygens (including phenoxy) is 1. The van der Waals surface area contributed by atoms with Crippen molar-refractivity contribution in [3.63, 3.8) is 0 Å². The smallest absolute Gasteiger partial charge is 0.408 e. The van der Waals surface area contributed by atoms with Gasteiger partial charge in [0, 0.05) is 25.4 Å². The van der Waals surface area contributed by atoms with Crippen LogP contribution in [-0.4, -0.2) is 46.1 Å². The van der Waals surface area contributed by atoms with E-state index < -0.39 is 28.1 Å². The van der Waals surface area contributed by atoms with Gasteiger partial charge in [0.2, 0.25) is 11.7 Å². The first kappa shape index (κ1) is 19.4. The summed E-state index contributed by atoms with van der Waals surface area (Å²) in [6.45, 7) is 5.69. The summed E-state index contributed by atoms with van der Waals surface area (Å²) in [6, 6.07) is 2.86. The maximum Gasteiger partial charge on any atom is 0.408 e. The number of carbonyl (C=O) groups is 2. The zero-order chi connectivity index (χ0) is 19.5. The van der Waals surface area contributed by atoms with Gasteiger partial charge in [-0.25, -0.2) is 9.78 Å². The second-order valence-corrected chi connectivity index (χ2v) is 7.16. The molecule has 0 aromatic carbocycles. The summed E-state index contributed by atoms with van der Waals surface area (Å²) in [5.74, 6) is -0.439.